The monoisotopic (exact) mass is 260 g/mol. The third-order valence-electron chi connectivity index (χ3n) is 4.20. The highest BCUT2D eigenvalue weighted by Gasteiger charge is 2.21. The van der Waals surface area contributed by atoms with E-state index < -0.39 is 0 Å². The van der Waals surface area contributed by atoms with E-state index in [0.717, 1.165) is 25.6 Å². The van der Waals surface area contributed by atoms with E-state index in [9.17, 15) is 0 Å². The second kappa shape index (κ2) is 7.66. The maximum Gasteiger partial charge on any atom is 0.0237 e. The lowest BCUT2D eigenvalue weighted by atomic mass is 10.1. The summed E-state index contributed by atoms with van der Waals surface area (Å²) in [6.45, 7) is 10.3. The van der Waals surface area contributed by atoms with Crippen LogP contribution in [-0.4, -0.2) is 24.5 Å². The Morgan fingerprint density at radius 2 is 2.00 bits per heavy atom. The van der Waals surface area contributed by atoms with E-state index in [4.69, 9.17) is 0 Å². The Morgan fingerprint density at radius 3 is 2.68 bits per heavy atom. The predicted molar refractivity (Wildman–Crippen MR) is 82.1 cm³/mol. The number of rotatable bonds is 7. The zero-order valence-corrected chi connectivity index (χ0v) is 12.5. The Morgan fingerprint density at radius 1 is 1.21 bits per heavy atom. The van der Waals surface area contributed by atoms with Crippen molar-refractivity contribution in [1.82, 2.24) is 10.2 Å². The lowest BCUT2D eigenvalue weighted by Gasteiger charge is -2.18. The molecule has 2 heteroatoms. The van der Waals surface area contributed by atoms with Gasteiger partial charge in [-0.05, 0) is 43.0 Å². The molecule has 0 spiro atoms. The molecular weight excluding hydrogens is 232 g/mol. The second-order valence-electron chi connectivity index (χ2n) is 5.74. The molecule has 0 saturated carbocycles. The summed E-state index contributed by atoms with van der Waals surface area (Å²) in [5.41, 5.74) is 2.97. The molecule has 0 radical (unpaired) electrons. The summed E-state index contributed by atoms with van der Waals surface area (Å²) in [5, 5.41) is 3.52. The first-order valence-electron chi connectivity index (χ1n) is 7.83. The van der Waals surface area contributed by atoms with Gasteiger partial charge in [0.2, 0.25) is 0 Å². The van der Waals surface area contributed by atoms with Gasteiger partial charge in [0.05, 0.1) is 0 Å². The minimum Gasteiger partial charge on any atom is -0.313 e. The average molecular weight is 260 g/mol. The fourth-order valence-corrected chi connectivity index (χ4v) is 2.91. The lowest BCUT2D eigenvalue weighted by Crippen LogP contribution is -2.22. The van der Waals surface area contributed by atoms with Gasteiger partial charge in [-0.15, -0.1) is 0 Å². The zero-order valence-electron chi connectivity index (χ0n) is 12.5. The zero-order chi connectivity index (χ0) is 13.5. The van der Waals surface area contributed by atoms with Crippen LogP contribution in [0.3, 0.4) is 0 Å². The molecule has 1 aliphatic heterocycles. The van der Waals surface area contributed by atoms with Crippen molar-refractivity contribution in [3.8, 4) is 0 Å². The fourth-order valence-electron chi connectivity index (χ4n) is 2.91. The maximum atomic E-state index is 3.52. The third-order valence-corrected chi connectivity index (χ3v) is 4.20. The molecule has 1 atom stereocenters. The number of benzene rings is 1. The van der Waals surface area contributed by atoms with E-state index in [1.807, 2.05) is 0 Å². The first-order chi connectivity index (χ1) is 9.33. The van der Waals surface area contributed by atoms with Gasteiger partial charge in [-0.2, -0.15) is 0 Å². The van der Waals surface area contributed by atoms with Crippen LogP contribution >= 0.6 is 0 Å². The molecule has 0 bridgehead atoms. The molecule has 1 saturated heterocycles. The van der Waals surface area contributed by atoms with E-state index in [0.29, 0.717) is 0 Å². The van der Waals surface area contributed by atoms with Crippen LogP contribution in [0.2, 0.25) is 0 Å². The van der Waals surface area contributed by atoms with E-state index in [-0.39, 0.29) is 0 Å². The first-order valence-corrected chi connectivity index (χ1v) is 7.83. The van der Waals surface area contributed by atoms with Gasteiger partial charge in [0.1, 0.15) is 0 Å². The average Bonchev–Trinajstić information content (AvgIpc) is 2.89. The molecule has 2 rings (SSSR count). The van der Waals surface area contributed by atoms with Gasteiger partial charge < -0.3 is 5.32 Å². The number of hydrogen-bond donors (Lipinski definition) is 1. The second-order valence-corrected chi connectivity index (χ2v) is 5.74. The SMILES string of the molecule is CCCNCc1ccccc1CN1CCC(CC)C1. The van der Waals surface area contributed by atoms with E-state index in [1.54, 1.807) is 0 Å². The van der Waals surface area contributed by atoms with Crippen molar-refractivity contribution in [3.63, 3.8) is 0 Å². The van der Waals surface area contributed by atoms with Gasteiger partial charge in [0, 0.05) is 19.6 Å². The molecule has 0 aromatic heterocycles. The molecule has 106 valence electrons. The van der Waals surface area contributed by atoms with Crippen LogP contribution < -0.4 is 5.32 Å². The molecule has 1 fully saturated rings. The summed E-state index contributed by atoms with van der Waals surface area (Å²) < 4.78 is 0. The molecule has 2 nitrogen and oxygen atoms in total. The molecular formula is C17H28N2. The highest BCUT2D eigenvalue weighted by atomic mass is 15.1. The predicted octanol–water partition coefficient (Wildman–Crippen LogP) is 3.42. The van der Waals surface area contributed by atoms with Crippen LogP contribution in [-0.2, 0) is 13.1 Å². The van der Waals surface area contributed by atoms with Crippen LogP contribution in [0, 0.1) is 5.92 Å². The van der Waals surface area contributed by atoms with Crippen molar-refractivity contribution in [2.24, 2.45) is 5.92 Å². The third kappa shape index (κ3) is 4.32. The van der Waals surface area contributed by atoms with E-state index in [1.165, 1.54) is 43.5 Å². The van der Waals surface area contributed by atoms with Gasteiger partial charge >= 0.3 is 0 Å². The van der Waals surface area contributed by atoms with Gasteiger partial charge in [0.15, 0.2) is 0 Å². The molecule has 1 N–H and O–H groups in total. The van der Waals surface area contributed by atoms with Crippen molar-refractivity contribution in [1.29, 1.82) is 0 Å². The Hall–Kier alpha value is -0.860. The van der Waals surface area contributed by atoms with Crippen molar-refractivity contribution < 1.29 is 0 Å². The van der Waals surface area contributed by atoms with Crippen LogP contribution in [0.25, 0.3) is 0 Å². The molecule has 0 amide bonds. The van der Waals surface area contributed by atoms with Crippen LogP contribution in [0.5, 0.6) is 0 Å². The van der Waals surface area contributed by atoms with Crippen molar-refractivity contribution in [2.75, 3.05) is 19.6 Å². The molecule has 1 aromatic rings. The maximum absolute atomic E-state index is 3.52. The van der Waals surface area contributed by atoms with E-state index >= 15 is 0 Å². The van der Waals surface area contributed by atoms with Gasteiger partial charge in [0.25, 0.3) is 0 Å². The van der Waals surface area contributed by atoms with Gasteiger partial charge in [-0.1, -0.05) is 44.5 Å². The Kier molecular flexibility index (Phi) is 5.87. The number of nitrogens with zero attached hydrogens (tertiary/aromatic N) is 1. The Balaban J connectivity index is 1.92. The normalized spacial score (nSPS) is 20.0. The molecule has 0 aliphatic carbocycles. The summed E-state index contributed by atoms with van der Waals surface area (Å²) in [6.07, 6.45) is 3.91. The summed E-state index contributed by atoms with van der Waals surface area (Å²) in [6, 6.07) is 8.89. The minimum absolute atomic E-state index is 0.922. The summed E-state index contributed by atoms with van der Waals surface area (Å²) in [5.74, 6) is 0.922. The van der Waals surface area contributed by atoms with E-state index in [2.05, 4.69) is 48.3 Å². The largest absolute Gasteiger partial charge is 0.313 e. The van der Waals surface area contributed by atoms with Crippen molar-refractivity contribution in [2.45, 2.75) is 46.2 Å². The number of likely N-dealkylation sites (tertiary alicyclic amines) is 1. The summed E-state index contributed by atoms with van der Waals surface area (Å²) in [4.78, 5) is 2.62. The number of hydrogen-bond acceptors (Lipinski definition) is 2. The molecule has 1 heterocycles. The smallest absolute Gasteiger partial charge is 0.0237 e. The highest BCUT2D eigenvalue weighted by molar-refractivity contribution is 5.27. The van der Waals surface area contributed by atoms with Crippen LogP contribution in [0.4, 0.5) is 0 Å². The topological polar surface area (TPSA) is 15.3 Å². The quantitative estimate of drug-likeness (QED) is 0.756. The Bertz CT molecular complexity index is 375. The fraction of sp³-hybridized carbons (Fsp3) is 0.647. The lowest BCUT2D eigenvalue weighted by molar-refractivity contribution is 0.314. The van der Waals surface area contributed by atoms with Crippen molar-refractivity contribution >= 4 is 0 Å². The highest BCUT2D eigenvalue weighted by Crippen LogP contribution is 2.22. The molecule has 1 aromatic carbocycles. The first kappa shape index (κ1) is 14.5. The van der Waals surface area contributed by atoms with Crippen LogP contribution in [0.1, 0.15) is 44.2 Å². The minimum atomic E-state index is 0.922. The van der Waals surface area contributed by atoms with Crippen LogP contribution in [0.15, 0.2) is 24.3 Å². The summed E-state index contributed by atoms with van der Waals surface area (Å²) in [7, 11) is 0. The van der Waals surface area contributed by atoms with Crippen molar-refractivity contribution in [3.05, 3.63) is 35.4 Å². The standard InChI is InChI=1S/C17H28N2/c1-3-10-18-12-16-7-5-6-8-17(16)14-19-11-9-15(4-2)13-19/h5-8,15,18H,3-4,9-14H2,1-2H3. The molecule has 19 heavy (non-hydrogen) atoms. The van der Waals surface area contributed by atoms with Gasteiger partial charge in [-0.3, -0.25) is 4.90 Å². The van der Waals surface area contributed by atoms with Gasteiger partial charge in [-0.25, -0.2) is 0 Å². The summed E-state index contributed by atoms with van der Waals surface area (Å²) >= 11 is 0. The molecule has 1 unspecified atom stereocenters. The molecule has 1 aliphatic rings. The Labute approximate surface area is 118 Å². The number of nitrogens with one attached hydrogen (secondary N) is 1.